The van der Waals surface area contributed by atoms with E-state index in [-0.39, 0.29) is 22.8 Å². The molecule has 1 heterocycles. The third-order valence-corrected chi connectivity index (χ3v) is 4.44. The molecule has 0 spiro atoms. The fourth-order valence-electron chi connectivity index (χ4n) is 2.74. The van der Waals surface area contributed by atoms with Crippen molar-refractivity contribution in [2.75, 3.05) is 11.9 Å². The molecule has 0 atom stereocenters. The molecule has 0 saturated carbocycles. The maximum absolute atomic E-state index is 12.6. The number of carbonyl (C=O) groups excluding carboxylic acids is 3. The maximum atomic E-state index is 12.6. The Hall–Kier alpha value is -3.45. The summed E-state index contributed by atoms with van der Waals surface area (Å²) in [6.07, 6.45) is 0. The fraction of sp³-hybridized carbons (Fsp3) is 0.143. The van der Waals surface area contributed by atoms with Crippen molar-refractivity contribution >= 4 is 34.9 Å². The average Bonchev–Trinajstić information content (AvgIpc) is 3.08. The number of esters is 1. The minimum absolute atomic E-state index is 0.0926. The first-order valence-corrected chi connectivity index (χ1v) is 9.04. The molecule has 1 aromatic heterocycles. The van der Waals surface area contributed by atoms with E-state index in [0.717, 1.165) is 0 Å². The number of nitrogens with one attached hydrogen (secondary N) is 1. The second-order valence-electron chi connectivity index (χ2n) is 6.17. The number of para-hydroxylation sites is 1. The molecule has 1 amide bonds. The molecule has 148 valence electrons. The smallest absolute Gasteiger partial charge is 0.344 e. The zero-order chi connectivity index (χ0) is 21.0. The molecule has 0 saturated heterocycles. The van der Waals surface area contributed by atoms with Crippen LogP contribution in [0.4, 0.5) is 5.69 Å². The Morgan fingerprint density at radius 2 is 1.79 bits per heavy atom. The predicted molar refractivity (Wildman–Crippen MR) is 107 cm³/mol. The molecular formula is C21H17ClN2O5. The predicted octanol–water partition coefficient (Wildman–Crippen LogP) is 4.30. The number of anilines is 1. The van der Waals surface area contributed by atoms with Gasteiger partial charge >= 0.3 is 5.97 Å². The SMILES string of the molecule is CC(=O)c1ccccc1NC(=O)COC(=O)c1c(-c2ccccc2Cl)noc1C. The second-order valence-corrected chi connectivity index (χ2v) is 6.58. The Morgan fingerprint density at radius 3 is 2.52 bits per heavy atom. The molecule has 0 bridgehead atoms. The van der Waals surface area contributed by atoms with Gasteiger partial charge in [0.2, 0.25) is 0 Å². The molecule has 3 rings (SSSR count). The van der Waals surface area contributed by atoms with Gasteiger partial charge in [0.1, 0.15) is 17.0 Å². The summed E-state index contributed by atoms with van der Waals surface area (Å²) in [6.45, 7) is 2.42. The van der Waals surface area contributed by atoms with E-state index in [4.69, 9.17) is 20.9 Å². The quantitative estimate of drug-likeness (QED) is 0.478. The van der Waals surface area contributed by atoms with Crippen LogP contribution in [-0.2, 0) is 9.53 Å². The lowest BCUT2D eigenvalue weighted by molar-refractivity contribution is -0.119. The summed E-state index contributed by atoms with van der Waals surface area (Å²) in [5, 5.41) is 6.86. The van der Waals surface area contributed by atoms with Crippen molar-refractivity contribution in [1.82, 2.24) is 5.16 Å². The number of aryl methyl sites for hydroxylation is 1. The second kappa shape index (κ2) is 8.70. The lowest BCUT2D eigenvalue weighted by Gasteiger charge is -2.09. The molecule has 0 aliphatic heterocycles. The summed E-state index contributed by atoms with van der Waals surface area (Å²) in [6, 6.07) is 13.4. The van der Waals surface area contributed by atoms with E-state index in [2.05, 4.69) is 10.5 Å². The van der Waals surface area contributed by atoms with Crippen LogP contribution in [0.3, 0.4) is 0 Å². The minimum atomic E-state index is -0.770. The van der Waals surface area contributed by atoms with Gasteiger partial charge < -0.3 is 14.6 Å². The van der Waals surface area contributed by atoms with Crippen molar-refractivity contribution in [3.8, 4) is 11.3 Å². The number of nitrogens with zero attached hydrogens (tertiary/aromatic N) is 1. The van der Waals surface area contributed by atoms with Crippen LogP contribution in [0.25, 0.3) is 11.3 Å². The number of Topliss-reactive ketones (excluding diaryl/α,β-unsaturated/α-hetero) is 1. The van der Waals surface area contributed by atoms with Crippen LogP contribution < -0.4 is 5.32 Å². The van der Waals surface area contributed by atoms with Crippen molar-refractivity contribution in [1.29, 1.82) is 0 Å². The van der Waals surface area contributed by atoms with Crippen LogP contribution in [0.15, 0.2) is 53.1 Å². The van der Waals surface area contributed by atoms with E-state index in [0.29, 0.717) is 21.8 Å². The summed E-state index contributed by atoms with van der Waals surface area (Å²) >= 11 is 6.18. The standard InChI is InChI=1S/C21H17ClN2O5/c1-12(25)14-7-4-6-10-17(14)23-18(26)11-28-21(27)19-13(2)29-24-20(19)15-8-3-5-9-16(15)22/h3-10H,11H2,1-2H3,(H,23,26). The van der Waals surface area contributed by atoms with Crippen LogP contribution in [0.2, 0.25) is 5.02 Å². The zero-order valence-electron chi connectivity index (χ0n) is 15.7. The Bertz CT molecular complexity index is 1090. The van der Waals surface area contributed by atoms with Crippen molar-refractivity contribution < 1.29 is 23.6 Å². The summed E-state index contributed by atoms with van der Waals surface area (Å²) in [4.78, 5) is 36.4. The van der Waals surface area contributed by atoms with Gasteiger partial charge in [0.05, 0.1) is 10.7 Å². The van der Waals surface area contributed by atoms with Gasteiger partial charge in [0.15, 0.2) is 12.4 Å². The van der Waals surface area contributed by atoms with Gasteiger partial charge in [-0.15, -0.1) is 0 Å². The lowest BCUT2D eigenvalue weighted by atomic mass is 10.1. The van der Waals surface area contributed by atoms with E-state index in [1.54, 1.807) is 55.5 Å². The first-order chi connectivity index (χ1) is 13.9. The van der Waals surface area contributed by atoms with Gasteiger partial charge in [0, 0.05) is 11.1 Å². The van der Waals surface area contributed by atoms with Crippen molar-refractivity contribution in [3.05, 3.63) is 70.4 Å². The normalized spacial score (nSPS) is 10.4. The number of ketones is 1. The monoisotopic (exact) mass is 412 g/mol. The lowest BCUT2D eigenvalue weighted by Crippen LogP contribution is -2.22. The highest BCUT2D eigenvalue weighted by Gasteiger charge is 2.25. The van der Waals surface area contributed by atoms with Crippen LogP contribution >= 0.6 is 11.6 Å². The van der Waals surface area contributed by atoms with Gasteiger partial charge in [-0.1, -0.05) is 47.1 Å². The maximum Gasteiger partial charge on any atom is 0.344 e. The number of hydrogen-bond acceptors (Lipinski definition) is 6. The highest BCUT2D eigenvalue weighted by atomic mass is 35.5. The van der Waals surface area contributed by atoms with Crippen LogP contribution in [0.1, 0.15) is 33.4 Å². The Morgan fingerprint density at radius 1 is 1.10 bits per heavy atom. The molecule has 7 nitrogen and oxygen atoms in total. The highest BCUT2D eigenvalue weighted by Crippen LogP contribution is 2.31. The number of rotatable bonds is 6. The van der Waals surface area contributed by atoms with E-state index in [9.17, 15) is 14.4 Å². The number of carbonyl (C=O) groups is 3. The highest BCUT2D eigenvalue weighted by molar-refractivity contribution is 6.33. The van der Waals surface area contributed by atoms with E-state index < -0.39 is 18.5 Å². The first kappa shape index (κ1) is 20.3. The largest absolute Gasteiger partial charge is 0.452 e. The van der Waals surface area contributed by atoms with Gasteiger partial charge in [-0.3, -0.25) is 9.59 Å². The number of halogens is 1. The van der Waals surface area contributed by atoms with Crippen molar-refractivity contribution in [2.45, 2.75) is 13.8 Å². The first-order valence-electron chi connectivity index (χ1n) is 8.66. The van der Waals surface area contributed by atoms with Gasteiger partial charge in [-0.05, 0) is 32.0 Å². The Labute approximate surface area is 171 Å². The van der Waals surface area contributed by atoms with Crippen LogP contribution in [0, 0.1) is 6.92 Å². The number of aromatic nitrogens is 1. The van der Waals surface area contributed by atoms with Crippen LogP contribution in [0.5, 0.6) is 0 Å². The number of ether oxygens (including phenoxy) is 1. The topological polar surface area (TPSA) is 98.5 Å². The molecule has 0 fully saturated rings. The number of hydrogen-bond donors (Lipinski definition) is 1. The molecule has 1 N–H and O–H groups in total. The Balaban J connectivity index is 1.73. The molecule has 0 unspecified atom stereocenters. The van der Waals surface area contributed by atoms with Gasteiger partial charge in [0.25, 0.3) is 5.91 Å². The summed E-state index contributed by atoms with van der Waals surface area (Å²) in [7, 11) is 0. The summed E-state index contributed by atoms with van der Waals surface area (Å²) in [5.74, 6) is -1.30. The molecule has 3 aromatic rings. The van der Waals surface area contributed by atoms with Crippen molar-refractivity contribution in [2.24, 2.45) is 0 Å². The molecule has 0 aliphatic carbocycles. The zero-order valence-corrected chi connectivity index (χ0v) is 16.4. The molecule has 0 radical (unpaired) electrons. The van der Waals surface area contributed by atoms with Crippen LogP contribution in [-0.4, -0.2) is 29.4 Å². The van der Waals surface area contributed by atoms with Gasteiger partial charge in [-0.2, -0.15) is 0 Å². The molecular weight excluding hydrogens is 396 g/mol. The average molecular weight is 413 g/mol. The van der Waals surface area contributed by atoms with Gasteiger partial charge in [-0.25, -0.2) is 4.79 Å². The molecule has 29 heavy (non-hydrogen) atoms. The number of benzene rings is 2. The third-order valence-electron chi connectivity index (χ3n) is 4.11. The minimum Gasteiger partial charge on any atom is -0.452 e. The number of amides is 1. The molecule has 0 aliphatic rings. The van der Waals surface area contributed by atoms with Crippen molar-refractivity contribution in [3.63, 3.8) is 0 Å². The fourth-order valence-corrected chi connectivity index (χ4v) is 2.96. The van der Waals surface area contributed by atoms with E-state index >= 15 is 0 Å². The summed E-state index contributed by atoms with van der Waals surface area (Å²) < 4.78 is 10.2. The third kappa shape index (κ3) is 4.52. The Kier molecular flexibility index (Phi) is 6.09. The molecule has 2 aromatic carbocycles. The molecule has 8 heteroatoms. The van der Waals surface area contributed by atoms with E-state index in [1.807, 2.05) is 0 Å². The van der Waals surface area contributed by atoms with E-state index in [1.165, 1.54) is 6.92 Å². The summed E-state index contributed by atoms with van der Waals surface area (Å²) in [5.41, 5.74) is 1.55.